The van der Waals surface area contributed by atoms with Crippen LogP contribution in [-0.4, -0.2) is 17.2 Å². The van der Waals surface area contributed by atoms with Gasteiger partial charge in [-0.05, 0) is 12.1 Å². The highest BCUT2D eigenvalue weighted by atomic mass is 32.1. The molecule has 3 N–H and O–H groups in total. The fraction of sp³-hybridized carbons (Fsp3) is 0.200. The summed E-state index contributed by atoms with van der Waals surface area (Å²) in [5, 5.41) is 9.49. The molecular formula is C10H13N5S. The molecule has 5 nitrogen and oxygen atoms in total. The van der Waals surface area contributed by atoms with Crippen molar-refractivity contribution in [3.05, 3.63) is 35.3 Å². The molecule has 0 spiro atoms. The fourth-order valence-corrected chi connectivity index (χ4v) is 2.06. The van der Waals surface area contributed by atoms with Gasteiger partial charge in [0.15, 0.2) is 0 Å². The lowest BCUT2D eigenvalue weighted by Crippen LogP contribution is -2.15. The SMILES string of the molecule is CN(Cc1nnc(NN)s1)c1ccccc1. The number of nitrogens with zero attached hydrogens (tertiary/aromatic N) is 3. The van der Waals surface area contributed by atoms with Gasteiger partial charge in [-0.15, -0.1) is 10.2 Å². The quantitative estimate of drug-likeness (QED) is 0.620. The molecule has 84 valence electrons. The van der Waals surface area contributed by atoms with Crippen molar-refractivity contribution in [3.63, 3.8) is 0 Å². The van der Waals surface area contributed by atoms with E-state index in [1.54, 1.807) is 0 Å². The maximum absolute atomic E-state index is 5.25. The van der Waals surface area contributed by atoms with Crippen LogP contribution in [-0.2, 0) is 6.54 Å². The van der Waals surface area contributed by atoms with Gasteiger partial charge in [-0.3, -0.25) is 5.43 Å². The number of para-hydroxylation sites is 1. The van der Waals surface area contributed by atoms with Gasteiger partial charge in [-0.2, -0.15) is 0 Å². The van der Waals surface area contributed by atoms with Crippen molar-refractivity contribution in [3.8, 4) is 0 Å². The highest BCUT2D eigenvalue weighted by molar-refractivity contribution is 7.15. The van der Waals surface area contributed by atoms with Gasteiger partial charge in [0.25, 0.3) is 0 Å². The predicted octanol–water partition coefficient (Wildman–Crippen LogP) is 1.46. The Kier molecular flexibility index (Phi) is 3.33. The zero-order valence-corrected chi connectivity index (χ0v) is 9.74. The van der Waals surface area contributed by atoms with Crippen molar-refractivity contribution in [2.24, 2.45) is 5.84 Å². The minimum Gasteiger partial charge on any atom is -0.368 e. The summed E-state index contributed by atoms with van der Waals surface area (Å²) in [6.45, 7) is 0.726. The molecule has 2 aromatic rings. The van der Waals surface area contributed by atoms with E-state index in [-0.39, 0.29) is 0 Å². The van der Waals surface area contributed by atoms with Crippen molar-refractivity contribution in [1.29, 1.82) is 0 Å². The molecule has 0 aliphatic carbocycles. The zero-order chi connectivity index (χ0) is 11.4. The van der Waals surface area contributed by atoms with Crippen LogP contribution in [0.1, 0.15) is 5.01 Å². The van der Waals surface area contributed by atoms with Crippen molar-refractivity contribution in [2.75, 3.05) is 17.4 Å². The first-order chi connectivity index (χ1) is 7.79. The second-order valence-corrected chi connectivity index (χ2v) is 4.40. The van der Waals surface area contributed by atoms with Gasteiger partial charge >= 0.3 is 0 Å². The smallest absolute Gasteiger partial charge is 0.219 e. The van der Waals surface area contributed by atoms with Gasteiger partial charge in [0.2, 0.25) is 5.13 Å². The molecule has 6 heteroatoms. The first-order valence-electron chi connectivity index (χ1n) is 4.85. The molecule has 1 aromatic carbocycles. The lowest BCUT2D eigenvalue weighted by molar-refractivity contribution is 0.880. The Balaban J connectivity index is 2.05. The van der Waals surface area contributed by atoms with Gasteiger partial charge in [0.1, 0.15) is 5.01 Å². The molecular weight excluding hydrogens is 222 g/mol. The van der Waals surface area contributed by atoms with Crippen molar-refractivity contribution < 1.29 is 0 Å². The van der Waals surface area contributed by atoms with Gasteiger partial charge in [-0.25, -0.2) is 5.84 Å². The van der Waals surface area contributed by atoms with Crippen LogP contribution in [0.25, 0.3) is 0 Å². The molecule has 0 bridgehead atoms. The second kappa shape index (κ2) is 4.91. The van der Waals surface area contributed by atoms with E-state index >= 15 is 0 Å². The van der Waals surface area contributed by atoms with E-state index in [2.05, 4.69) is 32.7 Å². The largest absolute Gasteiger partial charge is 0.368 e. The molecule has 0 saturated heterocycles. The average Bonchev–Trinajstić information content (AvgIpc) is 2.78. The van der Waals surface area contributed by atoms with Gasteiger partial charge in [0.05, 0.1) is 6.54 Å². The van der Waals surface area contributed by atoms with Crippen LogP contribution in [0.5, 0.6) is 0 Å². The Morgan fingerprint density at radius 1 is 1.31 bits per heavy atom. The van der Waals surface area contributed by atoms with Crippen LogP contribution < -0.4 is 16.2 Å². The number of aromatic nitrogens is 2. The highest BCUT2D eigenvalue weighted by Gasteiger charge is 2.06. The lowest BCUT2D eigenvalue weighted by Gasteiger charge is -2.16. The topological polar surface area (TPSA) is 67.1 Å². The summed E-state index contributed by atoms with van der Waals surface area (Å²) in [4.78, 5) is 2.11. The number of nitrogen functional groups attached to an aromatic ring is 1. The van der Waals surface area contributed by atoms with Gasteiger partial charge in [-0.1, -0.05) is 29.5 Å². The number of hydrogen-bond donors (Lipinski definition) is 2. The van der Waals surface area contributed by atoms with Crippen LogP contribution in [0.2, 0.25) is 0 Å². The highest BCUT2D eigenvalue weighted by Crippen LogP contribution is 2.18. The number of rotatable bonds is 4. The third-order valence-electron chi connectivity index (χ3n) is 2.16. The molecule has 0 unspecified atom stereocenters. The summed E-state index contributed by atoms with van der Waals surface area (Å²) in [5.74, 6) is 5.25. The van der Waals surface area contributed by atoms with Crippen molar-refractivity contribution >= 4 is 22.2 Å². The number of hydrogen-bond acceptors (Lipinski definition) is 6. The number of benzene rings is 1. The lowest BCUT2D eigenvalue weighted by atomic mass is 10.3. The first-order valence-corrected chi connectivity index (χ1v) is 5.66. The summed E-state index contributed by atoms with van der Waals surface area (Å²) in [7, 11) is 2.02. The molecule has 0 saturated carbocycles. The second-order valence-electron chi connectivity index (χ2n) is 3.34. The molecule has 16 heavy (non-hydrogen) atoms. The molecule has 0 radical (unpaired) electrons. The van der Waals surface area contributed by atoms with Gasteiger partial charge in [0, 0.05) is 12.7 Å². The van der Waals surface area contributed by atoms with E-state index in [9.17, 15) is 0 Å². The van der Waals surface area contributed by atoms with E-state index in [1.165, 1.54) is 11.3 Å². The molecule has 1 heterocycles. The molecule has 0 atom stereocenters. The summed E-state index contributed by atoms with van der Waals surface area (Å²) in [6, 6.07) is 10.1. The Hall–Kier alpha value is -1.66. The summed E-state index contributed by atoms with van der Waals surface area (Å²) in [5.41, 5.74) is 3.64. The minimum atomic E-state index is 0.636. The van der Waals surface area contributed by atoms with Crippen LogP contribution in [0.3, 0.4) is 0 Å². The third kappa shape index (κ3) is 2.47. The van der Waals surface area contributed by atoms with E-state index < -0.39 is 0 Å². The first kappa shape index (κ1) is 10.8. The Morgan fingerprint density at radius 2 is 2.06 bits per heavy atom. The maximum atomic E-state index is 5.25. The third-order valence-corrected chi connectivity index (χ3v) is 3.00. The molecule has 0 aliphatic rings. The van der Waals surface area contributed by atoms with Crippen LogP contribution >= 0.6 is 11.3 Å². The number of anilines is 2. The molecule has 0 amide bonds. The fourth-order valence-electron chi connectivity index (χ4n) is 1.35. The van der Waals surface area contributed by atoms with Crippen molar-refractivity contribution in [1.82, 2.24) is 10.2 Å². The standard InChI is InChI=1S/C10H13N5S/c1-15(8-5-3-2-4-6-8)7-9-13-14-10(12-11)16-9/h2-6H,7,11H2,1H3,(H,12,14). The Labute approximate surface area is 97.9 Å². The molecule has 2 rings (SSSR count). The van der Waals surface area contributed by atoms with E-state index in [4.69, 9.17) is 5.84 Å². The molecule has 0 fully saturated rings. The average molecular weight is 235 g/mol. The van der Waals surface area contributed by atoms with E-state index in [0.717, 1.165) is 17.2 Å². The maximum Gasteiger partial charge on any atom is 0.219 e. The normalized spacial score (nSPS) is 10.1. The van der Waals surface area contributed by atoms with Gasteiger partial charge < -0.3 is 4.90 Å². The summed E-state index contributed by atoms with van der Waals surface area (Å²) >= 11 is 1.46. The number of nitrogens with two attached hydrogens (primary N) is 1. The van der Waals surface area contributed by atoms with Crippen LogP contribution in [0.15, 0.2) is 30.3 Å². The molecule has 1 aromatic heterocycles. The van der Waals surface area contributed by atoms with Crippen molar-refractivity contribution in [2.45, 2.75) is 6.54 Å². The molecule has 0 aliphatic heterocycles. The monoisotopic (exact) mass is 235 g/mol. The number of nitrogens with one attached hydrogen (secondary N) is 1. The zero-order valence-electron chi connectivity index (χ0n) is 8.92. The van der Waals surface area contributed by atoms with E-state index in [0.29, 0.717) is 5.13 Å². The van der Waals surface area contributed by atoms with Crippen LogP contribution in [0, 0.1) is 0 Å². The Bertz CT molecular complexity index is 441. The Morgan fingerprint density at radius 3 is 2.69 bits per heavy atom. The van der Waals surface area contributed by atoms with Crippen LogP contribution in [0.4, 0.5) is 10.8 Å². The van der Waals surface area contributed by atoms with E-state index in [1.807, 2.05) is 25.2 Å². The summed E-state index contributed by atoms with van der Waals surface area (Å²) < 4.78 is 0. The summed E-state index contributed by atoms with van der Waals surface area (Å²) in [6.07, 6.45) is 0. The predicted molar refractivity (Wildman–Crippen MR) is 66.3 cm³/mol. The number of hydrazine groups is 1. The minimum absolute atomic E-state index is 0.636.